The molecular formula is C127H97BrN4O3. The SMILES string of the molecule is C=Cc1ccc(COc2ccc(-c3ccc(Br)cc3)cc2)cc1.C=Cc1ccc(COc2ccc(-c3ccc(N(c4ccc(-c5ccc(N(c6ccc(-c7ccc(OCc8ccc(C=C)cc8)cc7)cc6)c6cccc7ccccc67)cc5)cc4)c4cccc5ccccc45)cc3)cc2)cc1.c1ccc2c(Nc3ccc(-c4ccc(Nc5cccc6ccccc56)cc4)cc3)cccc2c1. The number of ether oxygens (including phenoxy) is 3. The van der Waals surface area contributed by atoms with Crippen LogP contribution in [0.3, 0.4) is 0 Å². The van der Waals surface area contributed by atoms with Crippen molar-refractivity contribution in [3.8, 4) is 72.9 Å². The van der Waals surface area contributed by atoms with E-state index in [9.17, 15) is 0 Å². The van der Waals surface area contributed by atoms with Crippen molar-refractivity contribution in [2.45, 2.75) is 19.8 Å². The van der Waals surface area contributed by atoms with Crippen molar-refractivity contribution >= 4 is 134 Å². The van der Waals surface area contributed by atoms with Gasteiger partial charge in [-0.1, -0.05) is 394 Å². The number of hydrogen-bond acceptors (Lipinski definition) is 7. The van der Waals surface area contributed by atoms with E-state index in [4.69, 9.17) is 14.2 Å². The largest absolute Gasteiger partial charge is 0.489 e. The van der Waals surface area contributed by atoms with Gasteiger partial charge in [0.05, 0.1) is 11.4 Å². The summed E-state index contributed by atoms with van der Waals surface area (Å²) in [6.07, 6.45) is 5.54. The van der Waals surface area contributed by atoms with Gasteiger partial charge in [-0.3, -0.25) is 0 Å². The molecule has 7 nitrogen and oxygen atoms in total. The summed E-state index contributed by atoms with van der Waals surface area (Å²) >= 11 is 3.46. The van der Waals surface area contributed by atoms with E-state index in [0.717, 1.165) is 145 Å². The van der Waals surface area contributed by atoms with Gasteiger partial charge in [-0.25, -0.2) is 0 Å². The number of fused-ring (bicyclic) bond motifs is 4. The molecule has 0 aromatic heterocycles. The molecule has 0 unspecified atom stereocenters. The molecule has 0 aliphatic heterocycles. The van der Waals surface area contributed by atoms with Crippen molar-refractivity contribution in [2.24, 2.45) is 0 Å². The summed E-state index contributed by atoms with van der Waals surface area (Å²) in [5.41, 5.74) is 29.2. The van der Waals surface area contributed by atoms with Gasteiger partial charge in [0.2, 0.25) is 0 Å². The Morgan fingerprint density at radius 1 is 0.215 bits per heavy atom. The number of nitrogens with one attached hydrogen (secondary N) is 2. The summed E-state index contributed by atoms with van der Waals surface area (Å²) in [5.74, 6) is 2.55. The molecule has 21 rings (SSSR count). The van der Waals surface area contributed by atoms with Crippen LogP contribution in [0, 0.1) is 0 Å². The first-order valence-corrected chi connectivity index (χ1v) is 46.2. The smallest absolute Gasteiger partial charge is 0.119 e. The molecule has 0 heterocycles. The van der Waals surface area contributed by atoms with Crippen LogP contribution >= 0.6 is 15.9 Å². The quantitative estimate of drug-likeness (QED) is 0.0532. The van der Waals surface area contributed by atoms with Crippen molar-refractivity contribution in [3.63, 3.8) is 0 Å². The lowest BCUT2D eigenvalue weighted by molar-refractivity contribution is 0.306. The lowest BCUT2D eigenvalue weighted by atomic mass is 10.0. The summed E-state index contributed by atoms with van der Waals surface area (Å²) in [4.78, 5) is 4.72. The van der Waals surface area contributed by atoms with Crippen LogP contribution < -0.4 is 34.6 Å². The predicted octanol–water partition coefficient (Wildman–Crippen LogP) is 35.9. The number of hydrogen-bond donors (Lipinski definition) is 2. The third-order valence-electron chi connectivity index (χ3n) is 24.4. The highest BCUT2D eigenvalue weighted by Crippen LogP contribution is 2.45. The van der Waals surface area contributed by atoms with Gasteiger partial charge in [0, 0.05) is 71.5 Å². The third kappa shape index (κ3) is 21.2. The predicted molar refractivity (Wildman–Crippen MR) is 576 cm³/mol. The first-order chi connectivity index (χ1) is 66.6. The highest BCUT2D eigenvalue weighted by atomic mass is 79.9. The van der Waals surface area contributed by atoms with E-state index >= 15 is 0 Å². The maximum absolute atomic E-state index is 6.13. The van der Waals surface area contributed by atoms with Crippen molar-refractivity contribution < 1.29 is 14.2 Å². The van der Waals surface area contributed by atoms with E-state index in [1.54, 1.807) is 0 Å². The third-order valence-corrected chi connectivity index (χ3v) is 24.9. The molecule has 21 aromatic carbocycles. The minimum Gasteiger partial charge on any atom is -0.489 e. The molecule has 0 aliphatic carbocycles. The van der Waals surface area contributed by atoms with E-state index in [1.165, 1.54) is 65.3 Å². The van der Waals surface area contributed by atoms with Crippen LogP contribution in [0.2, 0.25) is 0 Å². The molecule has 2 N–H and O–H groups in total. The summed E-state index contributed by atoms with van der Waals surface area (Å²) in [6.45, 7) is 13.0. The van der Waals surface area contributed by atoms with E-state index in [0.29, 0.717) is 19.8 Å². The minimum atomic E-state index is 0.508. The van der Waals surface area contributed by atoms with Gasteiger partial charge in [-0.05, 0) is 256 Å². The van der Waals surface area contributed by atoms with Crippen LogP contribution in [-0.2, 0) is 19.8 Å². The zero-order valence-corrected chi connectivity index (χ0v) is 76.2. The topological polar surface area (TPSA) is 58.2 Å². The highest BCUT2D eigenvalue weighted by Gasteiger charge is 2.20. The molecule has 650 valence electrons. The Morgan fingerprint density at radius 2 is 0.437 bits per heavy atom. The van der Waals surface area contributed by atoms with Crippen LogP contribution in [0.4, 0.5) is 56.9 Å². The van der Waals surface area contributed by atoms with Crippen molar-refractivity contribution in [1.82, 2.24) is 0 Å². The summed E-state index contributed by atoms with van der Waals surface area (Å²) in [7, 11) is 0. The average molecular weight is 1810 g/mol. The van der Waals surface area contributed by atoms with Gasteiger partial charge >= 0.3 is 0 Å². The van der Waals surface area contributed by atoms with Gasteiger partial charge in [0.15, 0.2) is 0 Å². The molecule has 0 radical (unpaired) electrons. The lowest BCUT2D eigenvalue weighted by Gasteiger charge is -2.28. The Kier molecular flexibility index (Phi) is 27.0. The van der Waals surface area contributed by atoms with Crippen molar-refractivity contribution in [1.29, 1.82) is 0 Å². The number of rotatable bonds is 27. The fourth-order valence-electron chi connectivity index (χ4n) is 17.0. The Bertz CT molecular complexity index is 7220. The molecule has 0 saturated heterocycles. The number of anilines is 10. The molecule has 135 heavy (non-hydrogen) atoms. The van der Waals surface area contributed by atoms with Crippen molar-refractivity contribution in [2.75, 3.05) is 20.4 Å². The van der Waals surface area contributed by atoms with Gasteiger partial charge in [0.25, 0.3) is 0 Å². The Labute approximate surface area is 798 Å². The molecule has 21 aromatic rings. The monoisotopic (exact) mass is 1800 g/mol. The molecule has 8 heteroatoms. The Balaban J connectivity index is 0.000000166. The van der Waals surface area contributed by atoms with Crippen molar-refractivity contribution in [3.05, 3.63) is 543 Å². The highest BCUT2D eigenvalue weighted by molar-refractivity contribution is 9.10. The first kappa shape index (κ1) is 87.3. The summed E-state index contributed by atoms with van der Waals surface area (Å²) in [6, 6.07) is 171. The van der Waals surface area contributed by atoms with E-state index in [1.807, 2.05) is 78.9 Å². The molecule has 0 bridgehead atoms. The zero-order valence-electron chi connectivity index (χ0n) is 74.7. The lowest BCUT2D eigenvalue weighted by Crippen LogP contribution is -2.10. The van der Waals surface area contributed by atoms with Gasteiger partial charge in [0.1, 0.15) is 37.1 Å². The Hall–Kier alpha value is -17.0. The molecule has 0 amide bonds. The normalized spacial score (nSPS) is 10.9. The van der Waals surface area contributed by atoms with Gasteiger partial charge < -0.3 is 34.6 Å². The number of benzene rings is 21. The fourth-order valence-corrected chi connectivity index (χ4v) is 17.2. The second-order valence-corrected chi connectivity index (χ2v) is 34.0. The van der Waals surface area contributed by atoms with Crippen LogP contribution in [0.1, 0.15) is 33.4 Å². The molecular weight excluding hydrogens is 1710 g/mol. The minimum absolute atomic E-state index is 0.508. The van der Waals surface area contributed by atoms with Crippen LogP contribution in [-0.4, -0.2) is 0 Å². The first-order valence-electron chi connectivity index (χ1n) is 45.4. The standard InChI is InChI=1S/C74H56N2O2.C32H24N2.C21H17BrO/c1-3-53-19-23-55(24-20-53)51-77-69-47-35-61(36-48-69)59-31-43-67(44-32-59)75(73-17-9-13-63-11-5-7-15-71(63)73)65-39-27-57(28-40-65)58-29-41-66(42-30-58)76(74-18-10-14-64-12-6-8-16-72(64)74)68-45-33-60(34-46-68)62-37-49-70(50-38-62)78-52-56-25-21-54(4-2)22-26-56;1-3-11-29-25(7-1)9-5-13-31(29)33-27-19-15-23(16-20-27)24-17-21-28(22-18-24)34-32-14-6-10-26-8-2-4-12-30(26)32;1-2-16-3-5-17(6-4-16)15-23-21-13-9-19(10-14-21)18-7-11-20(22)12-8-18/h3-50H,1-2,51-52H2;1-22,33-34H;2-14H,1,15H2. The molecule has 0 atom stereocenters. The number of halogens is 1. The maximum Gasteiger partial charge on any atom is 0.119 e. The molecule has 0 fully saturated rings. The van der Waals surface area contributed by atoms with Gasteiger partial charge in [-0.15, -0.1) is 0 Å². The molecule has 0 spiro atoms. The van der Waals surface area contributed by atoms with E-state index in [2.05, 4.69) is 481 Å². The van der Waals surface area contributed by atoms with E-state index in [-0.39, 0.29) is 0 Å². The average Bonchev–Trinajstić information content (AvgIpc) is 0.775. The molecule has 0 saturated carbocycles. The number of nitrogens with zero attached hydrogens (tertiary/aromatic N) is 2. The van der Waals surface area contributed by atoms with Crippen LogP contribution in [0.25, 0.3) is 117 Å². The summed E-state index contributed by atoms with van der Waals surface area (Å²) in [5, 5.41) is 16.8. The van der Waals surface area contributed by atoms with Crippen LogP contribution in [0.5, 0.6) is 17.2 Å². The Morgan fingerprint density at radius 3 is 0.711 bits per heavy atom. The van der Waals surface area contributed by atoms with Gasteiger partial charge in [-0.2, -0.15) is 0 Å². The maximum atomic E-state index is 6.13. The molecule has 0 aliphatic rings. The fraction of sp³-hybridized carbons (Fsp3) is 0.0236. The van der Waals surface area contributed by atoms with Crippen LogP contribution in [0.15, 0.2) is 510 Å². The van der Waals surface area contributed by atoms with E-state index < -0.39 is 0 Å². The summed E-state index contributed by atoms with van der Waals surface area (Å²) < 4.78 is 19.2. The second-order valence-electron chi connectivity index (χ2n) is 33.1. The zero-order chi connectivity index (χ0) is 91.4. The second kappa shape index (κ2) is 41.8.